The number of carbonyl (C=O) groups is 1. The van der Waals surface area contributed by atoms with Crippen LogP contribution in [0.25, 0.3) is 0 Å². The van der Waals surface area contributed by atoms with E-state index in [1.54, 1.807) is 11.1 Å². The number of pyridine rings is 1. The van der Waals surface area contributed by atoms with Crippen LogP contribution in [0, 0.1) is 5.82 Å². The van der Waals surface area contributed by atoms with Crippen LogP contribution in [0.2, 0.25) is 0 Å². The Balaban J connectivity index is 2.22. The average Bonchev–Trinajstić information content (AvgIpc) is 2.46. The minimum Gasteiger partial charge on any atom is -0.345 e. The minimum atomic E-state index is -4.71. The van der Waals surface area contributed by atoms with E-state index in [4.69, 9.17) is 0 Å². The first-order valence-electron chi connectivity index (χ1n) is 6.56. The van der Waals surface area contributed by atoms with Gasteiger partial charge in [0.2, 0.25) is 0 Å². The Labute approximate surface area is 128 Å². The summed E-state index contributed by atoms with van der Waals surface area (Å²) in [5, 5.41) is 2.37. The Kier molecular flexibility index (Phi) is 4.53. The van der Waals surface area contributed by atoms with E-state index < -0.39 is 40.8 Å². The number of halogens is 4. The van der Waals surface area contributed by atoms with Crippen LogP contribution in [0.1, 0.15) is 34.6 Å². The molecule has 2 aromatic rings. The van der Waals surface area contributed by atoms with Gasteiger partial charge < -0.3 is 10.3 Å². The SMILES string of the molecule is CC(NC(=O)c1ccc(C(F)(F)F)[nH]c1=O)c1ccccc1F. The van der Waals surface area contributed by atoms with Crippen LogP contribution in [0.15, 0.2) is 41.2 Å². The van der Waals surface area contributed by atoms with Gasteiger partial charge in [-0.15, -0.1) is 0 Å². The third kappa shape index (κ3) is 3.77. The van der Waals surface area contributed by atoms with Gasteiger partial charge in [-0.25, -0.2) is 4.39 Å². The normalized spacial score (nSPS) is 12.7. The molecule has 1 heterocycles. The zero-order valence-electron chi connectivity index (χ0n) is 11.9. The Hall–Kier alpha value is -2.64. The fourth-order valence-electron chi connectivity index (χ4n) is 2.00. The monoisotopic (exact) mass is 328 g/mol. The predicted octanol–water partition coefficient (Wildman–Crippen LogP) is 3.02. The maximum Gasteiger partial charge on any atom is 0.431 e. The van der Waals surface area contributed by atoms with Crippen molar-refractivity contribution in [2.75, 3.05) is 0 Å². The van der Waals surface area contributed by atoms with Gasteiger partial charge in [0.25, 0.3) is 11.5 Å². The molecule has 1 aromatic heterocycles. The lowest BCUT2D eigenvalue weighted by molar-refractivity contribution is -0.141. The molecule has 0 aliphatic rings. The van der Waals surface area contributed by atoms with Crippen molar-refractivity contribution in [2.45, 2.75) is 19.1 Å². The van der Waals surface area contributed by atoms with E-state index in [9.17, 15) is 27.2 Å². The highest BCUT2D eigenvalue weighted by molar-refractivity contribution is 5.94. The van der Waals surface area contributed by atoms with Gasteiger partial charge in [0.15, 0.2) is 0 Å². The summed E-state index contributed by atoms with van der Waals surface area (Å²) in [4.78, 5) is 25.2. The van der Waals surface area contributed by atoms with Gasteiger partial charge in [0, 0.05) is 5.56 Å². The van der Waals surface area contributed by atoms with Crippen LogP contribution in [-0.2, 0) is 6.18 Å². The Morgan fingerprint density at radius 2 is 1.83 bits per heavy atom. The van der Waals surface area contributed by atoms with Gasteiger partial charge in [0.1, 0.15) is 17.1 Å². The van der Waals surface area contributed by atoms with Crippen LogP contribution in [0.5, 0.6) is 0 Å². The lowest BCUT2D eigenvalue weighted by Gasteiger charge is -2.15. The number of hydrogen-bond donors (Lipinski definition) is 2. The van der Waals surface area contributed by atoms with E-state index in [0.717, 1.165) is 6.07 Å². The molecule has 2 N–H and O–H groups in total. The van der Waals surface area contributed by atoms with Crippen molar-refractivity contribution in [3.63, 3.8) is 0 Å². The van der Waals surface area contributed by atoms with Gasteiger partial charge in [-0.2, -0.15) is 13.2 Å². The van der Waals surface area contributed by atoms with E-state index in [-0.39, 0.29) is 5.56 Å². The highest BCUT2D eigenvalue weighted by atomic mass is 19.4. The van der Waals surface area contributed by atoms with E-state index in [2.05, 4.69) is 5.32 Å². The van der Waals surface area contributed by atoms with Crippen molar-refractivity contribution in [3.8, 4) is 0 Å². The van der Waals surface area contributed by atoms with Crippen molar-refractivity contribution in [3.05, 3.63) is 69.4 Å². The minimum absolute atomic E-state index is 0.198. The molecule has 4 nitrogen and oxygen atoms in total. The molecule has 0 saturated heterocycles. The summed E-state index contributed by atoms with van der Waals surface area (Å²) >= 11 is 0. The number of aromatic amines is 1. The molecule has 0 saturated carbocycles. The first kappa shape index (κ1) is 16.7. The van der Waals surface area contributed by atoms with E-state index >= 15 is 0 Å². The molecule has 1 amide bonds. The fraction of sp³-hybridized carbons (Fsp3) is 0.200. The Morgan fingerprint density at radius 1 is 1.17 bits per heavy atom. The third-order valence-electron chi connectivity index (χ3n) is 3.18. The molecule has 0 bridgehead atoms. The number of benzene rings is 1. The van der Waals surface area contributed by atoms with Gasteiger partial charge in [-0.3, -0.25) is 9.59 Å². The summed E-state index contributed by atoms with van der Waals surface area (Å²) in [6.07, 6.45) is -4.71. The van der Waals surface area contributed by atoms with Crippen LogP contribution in [0.4, 0.5) is 17.6 Å². The smallest absolute Gasteiger partial charge is 0.345 e. The molecule has 1 aromatic carbocycles. The summed E-state index contributed by atoms with van der Waals surface area (Å²) in [6.45, 7) is 1.49. The first-order valence-corrected chi connectivity index (χ1v) is 6.56. The van der Waals surface area contributed by atoms with Crippen molar-refractivity contribution in [1.29, 1.82) is 0 Å². The predicted molar refractivity (Wildman–Crippen MR) is 74.3 cm³/mol. The molecule has 1 atom stereocenters. The molecule has 8 heteroatoms. The number of alkyl halides is 3. The van der Waals surface area contributed by atoms with Gasteiger partial charge in [-0.05, 0) is 25.1 Å². The molecular formula is C15H12F4N2O2. The largest absolute Gasteiger partial charge is 0.431 e. The average molecular weight is 328 g/mol. The van der Waals surface area contributed by atoms with Crippen molar-refractivity contribution in [1.82, 2.24) is 10.3 Å². The maximum atomic E-state index is 13.6. The topological polar surface area (TPSA) is 62.0 Å². The summed E-state index contributed by atoms with van der Waals surface area (Å²) in [7, 11) is 0. The molecule has 0 aliphatic heterocycles. The number of carbonyl (C=O) groups excluding carboxylic acids is 1. The standard InChI is InChI=1S/C15H12F4N2O2/c1-8(9-4-2-3-5-11(9)16)20-13(22)10-6-7-12(15(17,18)19)21-14(10)23/h2-8H,1H3,(H,20,22)(H,21,23). The molecule has 0 aliphatic carbocycles. The summed E-state index contributed by atoms with van der Waals surface area (Å²) in [5.41, 5.74) is -2.70. The van der Waals surface area contributed by atoms with Crippen LogP contribution in [-0.4, -0.2) is 10.9 Å². The second-order valence-electron chi connectivity index (χ2n) is 4.83. The summed E-state index contributed by atoms with van der Waals surface area (Å²) in [6, 6.07) is 6.35. The van der Waals surface area contributed by atoms with Gasteiger partial charge in [-0.1, -0.05) is 18.2 Å². The number of rotatable bonds is 3. The van der Waals surface area contributed by atoms with E-state index in [1.807, 2.05) is 0 Å². The van der Waals surface area contributed by atoms with Crippen LogP contribution in [0.3, 0.4) is 0 Å². The highest BCUT2D eigenvalue weighted by Crippen LogP contribution is 2.26. The van der Waals surface area contributed by atoms with Gasteiger partial charge in [0.05, 0.1) is 6.04 Å². The fourth-order valence-corrected chi connectivity index (χ4v) is 2.00. The van der Waals surface area contributed by atoms with Crippen molar-refractivity contribution in [2.24, 2.45) is 0 Å². The second-order valence-corrected chi connectivity index (χ2v) is 4.83. The number of H-pyrrole nitrogens is 1. The summed E-state index contributed by atoms with van der Waals surface area (Å²) < 4.78 is 51.0. The second kappa shape index (κ2) is 6.23. The highest BCUT2D eigenvalue weighted by Gasteiger charge is 2.32. The first-order chi connectivity index (χ1) is 10.7. The molecule has 1 unspecified atom stereocenters. The van der Waals surface area contributed by atoms with Crippen molar-refractivity contribution < 1.29 is 22.4 Å². The summed E-state index contributed by atoms with van der Waals surface area (Å²) in [5.74, 6) is -1.43. The number of amides is 1. The molecule has 0 fully saturated rings. The third-order valence-corrected chi connectivity index (χ3v) is 3.18. The Morgan fingerprint density at radius 3 is 2.39 bits per heavy atom. The van der Waals surface area contributed by atoms with E-state index in [0.29, 0.717) is 6.07 Å². The quantitative estimate of drug-likeness (QED) is 0.851. The van der Waals surface area contributed by atoms with E-state index in [1.165, 1.54) is 25.1 Å². The lowest BCUT2D eigenvalue weighted by Crippen LogP contribution is -2.32. The Bertz CT molecular complexity index is 784. The molecule has 122 valence electrons. The van der Waals surface area contributed by atoms with Crippen LogP contribution < -0.4 is 10.9 Å². The molecule has 0 radical (unpaired) electrons. The van der Waals surface area contributed by atoms with Crippen molar-refractivity contribution >= 4 is 5.91 Å². The number of nitrogens with one attached hydrogen (secondary N) is 2. The molecular weight excluding hydrogens is 316 g/mol. The van der Waals surface area contributed by atoms with Gasteiger partial charge >= 0.3 is 6.18 Å². The number of aromatic nitrogens is 1. The zero-order valence-corrected chi connectivity index (χ0v) is 11.9. The zero-order chi connectivity index (χ0) is 17.2. The maximum absolute atomic E-state index is 13.6. The molecule has 0 spiro atoms. The molecule has 2 rings (SSSR count). The number of hydrogen-bond acceptors (Lipinski definition) is 2. The lowest BCUT2D eigenvalue weighted by atomic mass is 10.1. The molecule has 23 heavy (non-hydrogen) atoms. The van der Waals surface area contributed by atoms with Crippen LogP contribution >= 0.6 is 0 Å².